The lowest BCUT2D eigenvalue weighted by molar-refractivity contribution is 0.429. The molecule has 1 saturated carbocycles. The molecule has 0 bridgehead atoms. The minimum atomic E-state index is -3.49. The quantitative estimate of drug-likeness (QED) is 0.794. The van der Waals surface area contributed by atoms with E-state index in [4.69, 9.17) is 15.8 Å². The number of hydrogen-bond donors (Lipinski definition) is 0. The Kier molecular flexibility index (Phi) is 3.94. The van der Waals surface area contributed by atoms with Gasteiger partial charge in [0.15, 0.2) is 0 Å². The molecule has 1 aromatic carbocycles. The highest BCUT2D eigenvalue weighted by atomic mass is 35.5. The molecule has 1 aromatic rings. The summed E-state index contributed by atoms with van der Waals surface area (Å²) in [5, 5.41) is 0.208. The summed E-state index contributed by atoms with van der Waals surface area (Å²) in [5.74, 6) is 0.333. The first-order valence-corrected chi connectivity index (χ1v) is 7.62. The van der Waals surface area contributed by atoms with Crippen LogP contribution in [0.1, 0.15) is 32.1 Å². The fourth-order valence-corrected chi connectivity index (χ4v) is 3.60. The summed E-state index contributed by atoms with van der Waals surface area (Å²) in [6, 6.07) is 6.38. The van der Waals surface area contributed by atoms with E-state index in [1.165, 1.54) is 0 Å². The van der Waals surface area contributed by atoms with Gasteiger partial charge in [-0.05, 0) is 37.1 Å². The van der Waals surface area contributed by atoms with E-state index >= 15 is 0 Å². The van der Waals surface area contributed by atoms with E-state index in [0.717, 1.165) is 19.3 Å². The summed E-state index contributed by atoms with van der Waals surface area (Å²) in [5.41, 5.74) is 0. The van der Waals surface area contributed by atoms with E-state index in [0.29, 0.717) is 23.6 Å². The van der Waals surface area contributed by atoms with Crippen LogP contribution in [0, 0.1) is 0 Å². The molecule has 1 aliphatic carbocycles. The Morgan fingerprint density at radius 2 is 1.65 bits per heavy atom. The lowest BCUT2D eigenvalue weighted by Crippen LogP contribution is -2.28. The van der Waals surface area contributed by atoms with Gasteiger partial charge in [0.2, 0.25) is 0 Å². The van der Waals surface area contributed by atoms with Gasteiger partial charge in [-0.25, -0.2) is 0 Å². The van der Waals surface area contributed by atoms with Crippen LogP contribution in [-0.2, 0) is 10.1 Å². The highest BCUT2D eigenvalue weighted by Crippen LogP contribution is 2.26. The largest absolute Gasteiger partial charge is 0.382 e. The van der Waals surface area contributed by atoms with Gasteiger partial charge >= 0.3 is 10.1 Å². The van der Waals surface area contributed by atoms with Crippen LogP contribution < -0.4 is 4.18 Å². The average Bonchev–Trinajstić information content (AvgIpc) is 2.33. The SMILES string of the molecule is O=S(=O)(Oc1ccc(Cl)cc1)C1CCCCC1. The summed E-state index contributed by atoms with van der Waals surface area (Å²) in [4.78, 5) is 0. The van der Waals surface area contributed by atoms with Gasteiger partial charge in [-0.2, -0.15) is 8.42 Å². The lowest BCUT2D eigenvalue weighted by atomic mass is 10.0. The van der Waals surface area contributed by atoms with Crippen molar-refractivity contribution in [2.75, 3.05) is 0 Å². The van der Waals surface area contributed by atoms with E-state index in [2.05, 4.69) is 0 Å². The van der Waals surface area contributed by atoms with Crippen LogP contribution in [0.5, 0.6) is 5.75 Å². The van der Waals surface area contributed by atoms with Gasteiger partial charge in [0.1, 0.15) is 5.75 Å². The smallest absolute Gasteiger partial charge is 0.312 e. The van der Waals surface area contributed by atoms with E-state index in [9.17, 15) is 8.42 Å². The second-order valence-electron chi connectivity index (χ2n) is 4.29. The van der Waals surface area contributed by atoms with Crippen molar-refractivity contribution >= 4 is 21.7 Å². The van der Waals surface area contributed by atoms with E-state index in [-0.39, 0.29) is 5.25 Å². The monoisotopic (exact) mass is 274 g/mol. The van der Waals surface area contributed by atoms with Crippen molar-refractivity contribution in [3.63, 3.8) is 0 Å². The third-order valence-electron chi connectivity index (χ3n) is 2.99. The second-order valence-corrected chi connectivity index (χ2v) is 6.55. The fraction of sp³-hybridized carbons (Fsp3) is 0.500. The van der Waals surface area contributed by atoms with Crippen molar-refractivity contribution in [3.05, 3.63) is 29.3 Å². The maximum atomic E-state index is 12.0. The standard InChI is InChI=1S/C12H15ClO3S/c13-10-6-8-11(9-7-10)16-17(14,15)12-4-2-1-3-5-12/h6-9,12H,1-5H2. The molecule has 0 aliphatic heterocycles. The Hall–Kier alpha value is -0.740. The molecule has 17 heavy (non-hydrogen) atoms. The van der Waals surface area contributed by atoms with Crippen molar-refractivity contribution in [2.45, 2.75) is 37.4 Å². The first-order valence-electron chi connectivity index (χ1n) is 5.77. The van der Waals surface area contributed by atoms with Crippen LogP contribution in [0.4, 0.5) is 0 Å². The van der Waals surface area contributed by atoms with Gasteiger partial charge in [0.25, 0.3) is 0 Å². The Balaban J connectivity index is 2.08. The summed E-state index contributed by atoms with van der Waals surface area (Å²) in [7, 11) is -3.49. The van der Waals surface area contributed by atoms with E-state index in [1.54, 1.807) is 24.3 Å². The number of benzene rings is 1. The molecule has 1 fully saturated rings. The topological polar surface area (TPSA) is 43.4 Å². The summed E-state index contributed by atoms with van der Waals surface area (Å²) in [6.45, 7) is 0. The fourth-order valence-electron chi connectivity index (χ4n) is 2.05. The Bertz CT molecular complexity index is 461. The molecule has 0 unspecified atom stereocenters. The van der Waals surface area contributed by atoms with Crippen molar-refractivity contribution in [3.8, 4) is 5.75 Å². The Morgan fingerprint density at radius 3 is 2.24 bits per heavy atom. The van der Waals surface area contributed by atoms with Gasteiger partial charge in [0, 0.05) is 5.02 Å². The maximum absolute atomic E-state index is 12.0. The lowest BCUT2D eigenvalue weighted by Gasteiger charge is -2.21. The summed E-state index contributed by atoms with van der Waals surface area (Å²) >= 11 is 5.73. The molecule has 3 nitrogen and oxygen atoms in total. The first kappa shape index (κ1) is 12.7. The van der Waals surface area contributed by atoms with Crippen molar-refractivity contribution in [1.82, 2.24) is 0 Å². The molecule has 0 heterocycles. The van der Waals surface area contributed by atoms with Gasteiger partial charge in [-0.3, -0.25) is 0 Å². The number of rotatable bonds is 3. The Morgan fingerprint density at radius 1 is 1.06 bits per heavy atom. The number of hydrogen-bond acceptors (Lipinski definition) is 3. The molecule has 0 aromatic heterocycles. The molecule has 94 valence electrons. The van der Waals surface area contributed by atoms with Crippen LogP contribution in [0.15, 0.2) is 24.3 Å². The minimum absolute atomic E-state index is 0.333. The van der Waals surface area contributed by atoms with Gasteiger partial charge in [0.05, 0.1) is 5.25 Å². The normalized spacial score (nSPS) is 17.9. The zero-order chi connectivity index (χ0) is 12.3. The Labute approximate surface area is 107 Å². The molecule has 0 spiro atoms. The predicted molar refractivity (Wildman–Crippen MR) is 67.9 cm³/mol. The maximum Gasteiger partial charge on any atom is 0.312 e. The average molecular weight is 275 g/mol. The number of halogens is 1. The summed E-state index contributed by atoms with van der Waals surface area (Å²) in [6.07, 6.45) is 4.46. The van der Waals surface area contributed by atoms with Crippen molar-refractivity contribution in [1.29, 1.82) is 0 Å². The zero-order valence-corrected chi connectivity index (χ0v) is 11.0. The molecule has 0 atom stereocenters. The first-order chi connectivity index (χ1) is 8.08. The van der Waals surface area contributed by atoms with Crippen molar-refractivity contribution < 1.29 is 12.6 Å². The van der Waals surface area contributed by atoms with Crippen LogP contribution in [0.2, 0.25) is 5.02 Å². The molecular formula is C12H15ClO3S. The van der Waals surface area contributed by atoms with Gasteiger partial charge < -0.3 is 4.18 Å². The molecule has 0 amide bonds. The highest BCUT2D eigenvalue weighted by Gasteiger charge is 2.28. The predicted octanol–water partition coefficient (Wildman–Crippen LogP) is 3.38. The van der Waals surface area contributed by atoms with Gasteiger partial charge in [-0.1, -0.05) is 30.9 Å². The summed E-state index contributed by atoms with van der Waals surface area (Å²) < 4.78 is 29.1. The highest BCUT2D eigenvalue weighted by molar-refractivity contribution is 7.87. The van der Waals surface area contributed by atoms with Crippen molar-refractivity contribution in [2.24, 2.45) is 0 Å². The van der Waals surface area contributed by atoms with Crippen LogP contribution in [0.3, 0.4) is 0 Å². The van der Waals surface area contributed by atoms with Crippen LogP contribution in [0.25, 0.3) is 0 Å². The zero-order valence-electron chi connectivity index (χ0n) is 9.43. The van der Waals surface area contributed by atoms with Crippen LogP contribution in [-0.4, -0.2) is 13.7 Å². The van der Waals surface area contributed by atoms with E-state index < -0.39 is 10.1 Å². The molecule has 1 aliphatic rings. The van der Waals surface area contributed by atoms with E-state index in [1.807, 2.05) is 0 Å². The molecule has 0 saturated heterocycles. The third kappa shape index (κ3) is 3.36. The molecule has 5 heteroatoms. The second kappa shape index (κ2) is 5.27. The molecule has 0 radical (unpaired) electrons. The molecule has 2 rings (SSSR count). The minimum Gasteiger partial charge on any atom is -0.382 e. The van der Waals surface area contributed by atoms with Crippen LogP contribution >= 0.6 is 11.6 Å². The molecular weight excluding hydrogens is 260 g/mol. The van der Waals surface area contributed by atoms with Gasteiger partial charge in [-0.15, -0.1) is 0 Å². The third-order valence-corrected chi connectivity index (χ3v) is 4.95. The molecule has 0 N–H and O–H groups in total.